The molecule has 0 spiro atoms. The first kappa shape index (κ1) is 15.6. The summed E-state index contributed by atoms with van der Waals surface area (Å²) < 4.78 is 4.54. The van der Waals surface area contributed by atoms with Gasteiger partial charge in [-0.1, -0.05) is 13.8 Å². The second-order valence-corrected chi connectivity index (χ2v) is 6.11. The number of ether oxygens (including phenoxy) is 1. The maximum atomic E-state index is 12.7. The Hall–Kier alpha value is -1.79. The minimum absolute atomic E-state index is 0.0238. The first-order valence-electron chi connectivity index (χ1n) is 7.26. The van der Waals surface area contributed by atoms with E-state index in [1.54, 1.807) is 0 Å². The standard InChI is InChI=1S/C14H22N2O5/c1-7(2)10(15-14(20)21-3)12(17)16-9-5-4-8(6-9)11(16)13(18)19/h7-11H,4-6H2,1-3H3,(H,15,20)(H,18,19)/t8?,9?,10?,11-/m0/s1. The lowest BCUT2D eigenvalue weighted by molar-refractivity contribution is -0.153. The van der Waals surface area contributed by atoms with Crippen LogP contribution < -0.4 is 5.32 Å². The number of nitrogens with one attached hydrogen (secondary N) is 1. The number of fused-ring (bicyclic) bond motifs is 2. The second-order valence-electron chi connectivity index (χ2n) is 6.11. The zero-order valence-corrected chi connectivity index (χ0v) is 12.5. The third kappa shape index (κ3) is 2.82. The van der Waals surface area contributed by atoms with Gasteiger partial charge in [-0.25, -0.2) is 9.59 Å². The van der Waals surface area contributed by atoms with Gasteiger partial charge >= 0.3 is 12.1 Å². The lowest BCUT2D eigenvalue weighted by Crippen LogP contribution is -2.57. The monoisotopic (exact) mass is 298 g/mol. The lowest BCUT2D eigenvalue weighted by Gasteiger charge is -2.36. The van der Waals surface area contributed by atoms with Crippen LogP contribution in [0.15, 0.2) is 0 Å². The Labute approximate surface area is 123 Å². The third-order valence-electron chi connectivity index (χ3n) is 4.48. The molecule has 1 heterocycles. The van der Waals surface area contributed by atoms with Crippen molar-refractivity contribution >= 4 is 18.0 Å². The first-order chi connectivity index (χ1) is 9.86. The first-order valence-corrected chi connectivity index (χ1v) is 7.26. The second kappa shape index (κ2) is 5.91. The molecule has 2 rings (SSSR count). The number of hydrogen-bond donors (Lipinski definition) is 2. The van der Waals surface area contributed by atoms with Crippen molar-refractivity contribution < 1.29 is 24.2 Å². The number of hydrogen-bond acceptors (Lipinski definition) is 4. The normalized spacial score (nSPS) is 28.6. The van der Waals surface area contributed by atoms with Crippen molar-refractivity contribution in [3.05, 3.63) is 0 Å². The van der Waals surface area contributed by atoms with E-state index in [9.17, 15) is 19.5 Å². The van der Waals surface area contributed by atoms with Crippen LogP contribution in [0, 0.1) is 11.8 Å². The Morgan fingerprint density at radius 1 is 1.29 bits per heavy atom. The minimum Gasteiger partial charge on any atom is -0.480 e. The molecule has 21 heavy (non-hydrogen) atoms. The molecule has 7 heteroatoms. The average Bonchev–Trinajstić information content (AvgIpc) is 3.03. The zero-order valence-electron chi connectivity index (χ0n) is 12.5. The van der Waals surface area contributed by atoms with Crippen molar-refractivity contribution in [2.24, 2.45) is 11.8 Å². The molecule has 118 valence electrons. The number of amides is 2. The molecule has 2 N–H and O–H groups in total. The molecule has 2 fully saturated rings. The molecule has 3 unspecified atom stereocenters. The van der Waals surface area contributed by atoms with Gasteiger partial charge in [-0.15, -0.1) is 0 Å². The van der Waals surface area contributed by atoms with Gasteiger partial charge in [-0.2, -0.15) is 0 Å². The fraction of sp³-hybridized carbons (Fsp3) is 0.786. The van der Waals surface area contributed by atoms with Gasteiger partial charge < -0.3 is 20.1 Å². The number of methoxy groups -OCH3 is 1. The van der Waals surface area contributed by atoms with Crippen LogP contribution in [0.1, 0.15) is 33.1 Å². The molecule has 4 atom stereocenters. The molecule has 7 nitrogen and oxygen atoms in total. The lowest BCUT2D eigenvalue weighted by atomic mass is 9.96. The van der Waals surface area contributed by atoms with Gasteiger partial charge in [0.25, 0.3) is 0 Å². The smallest absolute Gasteiger partial charge is 0.407 e. The van der Waals surface area contributed by atoms with E-state index in [-0.39, 0.29) is 23.8 Å². The highest BCUT2D eigenvalue weighted by Gasteiger charge is 2.52. The van der Waals surface area contributed by atoms with E-state index >= 15 is 0 Å². The van der Waals surface area contributed by atoms with E-state index in [0.717, 1.165) is 19.3 Å². The minimum atomic E-state index is -0.962. The molecule has 2 amide bonds. The number of aliphatic carboxylic acids is 1. The van der Waals surface area contributed by atoms with E-state index in [1.807, 2.05) is 13.8 Å². The topological polar surface area (TPSA) is 95.9 Å². The SMILES string of the molecule is COC(=O)NC(C(=O)N1C2CCC(C2)[C@H]1C(=O)O)C(C)C. The van der Waals surface area contributed by atoms with Crippen LogP contribution in [-0.4, -0.2) is 53.2 Å². The number of nitrogens with zero attached hydrogens (tertiary/aromatic N) is 1. The molecule has 0 aromatic heterocycles. The van der Waals surface area contributed by atoms with Crippen molar-refractivity contribution in [3.8, 4) is 0 Å². The van der Waals surface area contributed by atoms with E-state index in [2.05, 4.69) is 10.1 Å². The van der Waals surface area contributed by atoms with Crippen LogP contribution in [0.3, 0.4) is 0 Å². The largest absolute Gasteiger partial charge is 0.480 e. The molecule has 1 aliphatic carbocycles. The Balaban J connectivity index is 2.19. The van der Waals surface area contributed by atoms with Crippen molar-refractivity contribution in [2.45, 2.75) is 51.2 Å². The van der Waals surface area contributed by atoms with E-state index < -0.39 is 24.1 Å². The van der Waals surface area contributed by atoms with Gasteiger partial charge in [0.15, 0.2) is 0 Å². The predicted molar refractivity (Wildman–Crippen MR) is 73.6 cm³/mol. The summed E-state index contributed by atoms with van der Waals surface area (Å²) in [6.07, 6.45) is 1.75. The summed E-state index contributed by atoms with van der Waals surface area (Å²) in [4.78, 5) is 37.1. The van der Waals surface area contributed by atoms with Crippen molar-refractivity contribution in [1.82, 2.24) is 10.2 Å². The molecule has 0 radical (unpaired) electrons. The van der Waals surface area contributed by atoms with Crippen LogP contribution in [0.25, 0.3) is 0 Å². The van der Waals surface area contributed by atoms with E-state index in [4.69, 9.17) is 0 Å². The number of carboxylic acid groups (broad SMARTS) is 1. The van der Waals surface area contributed by atoms with Gasteiger partial charge in [0.1, 0.15) is 12.1 Å². The number of carbonyl (C=O) groups is 3. The quantitative estimate of drug-likeness (QED) is 0.801. The average molecular weight is 298 g/mol. The number of likely N-dealkylation sites (tertiary alicyclic amines) is 1. The highest BCUT2D eigenvalue weighted by molar-refractivity contribution is 5.90. The molecule has 0 aromatic rings. The summed E-state index contributed by atoms with van der Waals surface area (Å²) in [7, 11) is 1.23. The maximum absolute atomic E-state index is 12.7. The number of carbonyl (C=O) groups excluding carboxylic acids is 2. The van der Waals surface area contributed by atoms with Crippen LogP contribution in [-0.2, 0) is 14.3 Å². The van der Waals surface area contributed by atoms with Gasteiger partial charge in [0.2, 0.25) is 5.91 Å². The molecule has 2 aliphatic rings. The van der Waals surface area contributed by atoms with E-state index in [1.165, 1.54) is 12.0 Å². The summed E-state index contributed by atoms with van der Waals surface area (Å²) in [6, 6.07) is -1.56. The van der Waals surface area contributed by atoms with Crippen molar-refractivity contribution in [2.75, 3.05) is 7.11 Å². The highest BCUT2D eigenvalue weighted by Crippen LogP contribution is 2.43. The van der Waals surface area contributed by atoms with Gasteiger partial charge in [-0.05, 0) is 31.1 Å². The molecule has 1 saturated heterocycles. The number of alkyl carbamates (subject to hydrolysis) is 1. The summed E-state index contributed by atoms with van der Waals surface area (Å²) in [6.45, 7) is 3.62. The van der Waals surface area contributed by atoms with Gasteiger partial charge in [-0.3, -0.25) is 4.79 Å². The van der Waals surface area contributed by atoms with Gasteiger partial charge in [0.05, 0.1) is 7.11 Å². The Kier molecular flexibility index (Phi) is 4.39. The summed E-state index contributed by atoms with van der Waals surface area (Å²) >= 11 is 0. The number of rotatable bonds is 4. The molecule has 2 bridgehead atoms. The van der Waals surface area contributed by atoms with E-state index in [0.29, 0.717) is 0 Å². The van der Waals surface area contributed by atoms with Crippen LogP contribution >= 0.6 is 0 Å². The Morgan fingerprint density at radius 3 is 2.48 bits per heavy atom. The number of piperidine rings is 1. The molecular weight excluding hydrogens is 276 g/mol. The summed E-state index contributed by atoms with van der Waals surface area (Å²) in [5.74, 6) is -1.40. The van der Waals surface area contributed by atoms with Gasteiger partial charge in [0, 0.05) is 6.04 Å². The molecule has 1 aliphatic heterocycles. The fourth-order valence-electron chi connectivity index (χ4n) is 3.48. The Morgan fingerprint density at radius 2 is 1.95 bits per heavy atom. The Bertz CT molecular complexity index is 451. The maximum Gasteiger partial charge on any atom is 0.407 e. The van der Waals surface area contributed by atoms with Crippen LogP contribution in [0.2, 0.25) is 0 Å². The zero-order chi connectivity index (χ0) is 15.7. The van der Waals surface area contributed by atoms with Crippen LogP contribution in [0.4, 0.5) is 4.79 Å². The third-order valence-corrected chi connectivity index (χ3v) is 4.48. The summed E-state index contributed by atoms with van der Waals surface area (Å²) in [5.41, 5.74) is 0. The molecule has 1 saturated carbocycles. The predicted octanol–water partition coefficient (Wildman–Crippen LogP) is 0.831. The highest BCUT2D eigenvalue weighted by atomic mass is 16.5. The molecular formula is C14H22N2O5. The molecule has 0 aromatic carbocycles. The fourth-order valence-corrected chi connectivity index (χ4v) is 3.48. The van der Waals surface area contributed by atoms with Crippen molar-refractivity contribution in [1.29, 1.82) is 0 Å². The number of carboxylic acids is 1. The van der Waals surface area contributed by atoms with Crippen LogP contribution in [0.5, 0.6) is 0 Å². The summed E-state index contributed by atoms with van der Waals surface area (Å²) in [5, 5.41) is 11.9. The van der Waals surface area contributed by atoms with Crippen molar-refractivity contribution in [3.63, 3.8) is 0 Å².